The topological polar surface area (TPSA) is 62.0 Å². The van der Waals surface area contributed by atoms with Crippen LogP contribution in [-0.4, -0.2) is 19.7 Å². The van der Waals surface area contributed by atoms with Gasteiger partial charge in [0.2, 0.25) is 10.0 Å². The number of nitrogens with one attached hydrogen (secondary N) is 2. The van der Waals surface area contributed by atoms with Crippen molar-refractivity contribution in [3.63, 3.8) is 0 Å². The van der Waals surface area contributed by atoms with Crippen LogP contribution in [0.5, 0.6) is 0 Å². The second-order valence-electron chi connectivity index (χ2n) is 7.81. The van der Waals surface area contributed by atoms with E-state index in [1.54, 1.807) is 6.07 Å². The normalized spacial score (nSPS) is 16.8. The molecule has 0 amide bonds. The van der Waals surface area contributed by atoms with Crippen LogP contribution in [0.1, 0.15) is 43.7 Å². The lowest BCUT2D eigenvalue weighted by atomic mass is 9.67. The number of halogens is 1. The molecule has 1 saturated carbocycles. The number of H-pyrrole nitrogens is 1. The summed E-state index contributed by atoms with van der Waals surface area (Å²) in [4.78, 5) is 3.31. The van der Waals surface area contributed by atoms with Crippen molar-refractivity contribution in [1.29, 1.82) is 0 Å². The fraction of sp³-hybridized carbons (Fsp3) is 0.364. The van der Waals surface area contributed by atoms with Crippen molar-refractivity contribution in [1.82, 2.24) is 4.98 Å². The van der Waals surface area contributed by atoms with Gasteiger partial charge in [0.25, 0.3) is 0 Å². The van der Waals surface area contributed by atoms with Crippen LogP contribution in [0.2, 0.25) is 0 Å². The third-order valence-corrected chi connectivity index (χ3v) is 6.36. The summed E-state index contributed by atoms with van der Waals surface area (Å²) in [6, 6.07) is 12.6. The van der Waals surface area contributed by atoms with Crippen LogP contribution in [0.4, 0.5) is 10.1 Å². The molecule has 1 aliphatic carbocycles. The van der Waals surface area contributed by atoms with Gasteiger partial charge < -0.3 is 4.98 Å². The largest absolute Gasteiger partial charge is 0.359 e. The molecule has 1 aliphatic rings. The molecule has 1 unspecified atom stereocenters. The SMILES string of the molecule is CCCC(c1ccc(F)cc1)(c1c[nH]c2c(NS(C)(=O)=O)cccc12)C1CC1. The minimum Gasteiger partial charge on any atom is -0.359 e. The second kappa shape index (κ2) is 6.92. The number of aromatic amines is 1. The third-order valence-electron chi connectivity index (χ3n) is 5.77. The Bertz CT molecular complexity index is 1100. The first kappa shape index (κ1) is 19.0. The summed E-state index contributed by atoms with van der Waals surface area (Å²) in [5, 5.41) is 1.01. The van der Waals surface area contributed by atoms with Gasteiger partial charge in [0.1, 0.15) is 5.82 Å². The number of para-hydroxylation sites is 1. The number of benzene rings is 2. The molecule has 4 nitrogen and oxygen atoms in total. The molecule has 0 radical (unpaired) electrons. The van der Waals surface area contributed by atoms with E-state index in [0.29, 0.717) is 11.6 Å². The standard InChI is InChI=1S/C22H25FN2O2S/c1-3-13-22(15-7-8-15,16-9-11-17(23)12-10-16)19-14-24-21-18(19)5-4-6-20(21)25-28(2,26)27/h4-6,9-12,14-15,24-25H,3,7-8,13H2,1-2H3. The minimum absolute atomic E-state index is 0.204. The molecule has 0 saturated heterocycles. The molecule has 148 valence electrons. The molecular weight excluding hydrogens is 375 g/mol. The van der Waals surface area contributed by atoms with Gasteiger partial charge in [-0.25, -0.2) is 12.8 Å². The van der Waals surface area contributed by atoms with E-state index in [0.717, 1.165) is 54.0 Å². The van der Waals surface area contributed by atoms with Crippen LogP contribution in [0.25, 0.3) is 10.9 Å². The van der Waals surface area contributed by atoms with E-state index in [2.05, 4.69) is 16.6 Å². The molecule has 1 aromatic heterocycles. The van der Waals surface area contributed by atoms with E-state index in [9.17, 15) is 12.8 Å². The Kier molecular flexibility index (Phi) is 4.70. The molecule has 1 heterocycles. The van der Waals surface area contributed by atoms with Crippen LogP contribution in [0.15, 0.2) is 48.7 Å². The highest BCUT2D eigenvalue weighted by molar-refractivity contribution is 7.92. The van der Waals surface area contributed by atoms with Gasteiger partial charge in [-0.2, -0.15) is 0 Å². The maximum atomic E-state index is 13.6. The smallest absolute Gasteiger partial charge is 0.229 e. The number of sulfonamides is 1. The highest BCUT2D eigenvalue weighted by atomic mass is 32.2. The molecule has 28 heavy (non-hydrogen) atoms. The van der Waals surface area contributed by atoms with Crippen molar-refractivity contribution in [3.8, 4) is 0 Å². The van der Waals surface area contributed by atoms with Gasteiger partial charge in [-0.15, -0.1) is 0 Å². The number of anilines is 1. The fourth-order valence-electron chi connectivity index (χ4n) is 4.62. The molecule has 2 aromatic carbocycles. The highest BCUT2D eigenvalue weighted by Gasteiger charge is 2.48. The monoisotopic (exact) mass is 400 g/mol. The zero-order chi connectivity index (χ0) is 19.9. The van der Waals surface area contributed by atoms with E-state index >= 15 is 0 Å². The maximum Gasteiger partial charge on any atom is 0.229 e. The summed E-state index contributed by atoms with van der Waals surface area (Å²) in [7, 11) is -3.38. The zero-order valence-electron chi connectivity index (χ0n) is 16.1. The molecule has 6 heteroatoms. The Morgan fingerprint density at radius 3 is 2.50 bits per heavy atom. The third kappa shape index (κ3) is 3.30. The van der Waals surface area contributed by atoms with Crippen LogP contribution in [0.3, 0.4) is 0 Å². The van der Waals surface area contributed by atoms with Crippen LogP contribution in [-0.2, 0) is 15.4 Å². The van der Waals surface area contributed by atoms with Crippen molar-refractivity contribution in [2.45, 2.75) is 38.0 Å². The van der Waals surface area contributed by atoms with E-state index in [1.165, 1.54) is 12.1 Å². The number of fused-ring (bicyclic) bond motifs is 1. The molecule has 3 aromatic rings. The average molecular weight is 401 g/mol. The Morgan fingerprint density at radius 2 is 1.89 bits per heavy atom. The molecule has 1 fully saturated rings. The van der Waals surface area contributed by atoms with E-state index in [1.807, 2.05) is 30.5 Å². The lowest BCUT2D eigenvalue weighted by Gasteiger charge is -2.35. The van der Waals surface area contributed by atoms with Crippen molar-refractivity contribution in [2.24, 2.45) is 5.92 Å². The van der Waals surface area contributed by atoms with Gasteiger partial charge in [0, 0.05) is 17.0 Å². The maximum absolute atomic E-state index is 13.6. The van der Waals surface area contributed by atoms with Crippen molar-refractivity contribution in [2.75, 3.05) is 11.0 Å². The van der Waals surface area contributed by atoms with E-state index in [4.69, 9.17) is 0 Å². The minimum atomic E-state index is -3.38. The predicted octanol–water partition coefficient (Wildman–Crippen LogP) is 5.17. The quantitative estimate of drug-likeness (QED) is 0.574. The fourth-order valence-corrected chi connectivity index (χ4v) is 5.19. The van der Waals surface area contributed by atoms with Gasteiger partial charge >= 0.3 is 0 Å². The van der Waals surface area contributed by atoms with Crippen molar-refractivity contribution in [3.05, 3.63) is 65.6 Å². The lowest BCUT2D eigenvalue weighted by molar-refractivity contribution is 0.411. The number of hydrogen-bond donors (Lipinski definition) is 2. The van der Waals surface area contributed by atoms with Crippen LogP contribution < -0.4 is 4.72 Å². The Balaban J connectivity index is 1.93. The molecule has 2 N–H and O–H groups in total. The summed E-state index contributed by atoms with van der Waals surface area (Å²) in [5.74, 6) is 0.270. The van der Waals surface area contributed by atoms with Crippen LogP contribution >= 0.6 is 0 Å². The highest BCUT2D eigenvalue weighted by Crippen LogP contribution is 2.55. The Morgan fingerprint density at radius 1 is 1.18 bits per heavy atom. The predicted molar refractivity (Wildman–Crippen MR) is 112 cm³/mol. The zero-order valence-corrected chi connectivity index (χ0v) is 16.9. The molecular formula is C22H25FN2O2S. The number of hydrogen-bond acceptors (Lipinski definition) is 2. The Hall–Kier alpha value is -2.34. The molecule has 4 rings (SSSR count). The van der Waals surface area contributed by atoms with Gasteiger partial charge in [-0.3, -0.25) is 4.72 Å². The van der Waals surface area contributed by atoms with E-state index in [-0.39, 0.29) is 11.2 Å². The van der Waals surface area contributed by atoms with E-state index < -0.39 is 10.0 Å². The summed E-state index contributed by atoms with van der Waals surface area (Å²) in [6.45, 7) is 2.17. The lowest BCUT2D eigenvalue weighted by Crippen LogP contribution is -2.30. The summed E-state index contributed by atoms with van der Waals surface area (Å²) in [5.41, 5.74) is 3.42. The van der Waals surface area contributed by atoms with Gasteiger partial charge in [0.05, 0.1) is 17.5 Å². The van der Waals surface area contributed by atoms with Gasteiger partial charge in [-0.1, -0.05) is 37.6 Å². The second-order valence-corrected chi connectivity index (χ2v) is 9.56. The first-order valence-electron chi connectivity index (χ1n) is 9.69. The summed E-state index contributed by atoms with van der Waals surface area (Å²) in [6.07, 6.45) is 7.41. The first-order valence-corrected chi connectivity index (χ1v) is 11.6. The molecule has 0 spiro atoms. The molecule has 1 atom stereocenters. The van der Waals surface area contributed by atoms with Gasteiger partial charge in [-0.05, 0) is 54.5 Å². The Labute approximate surface area is 165 Å². The van der Waals surface area contributed by atoms with Gasteiger partial charge in [0.15, 0.2) is 0 Å². The summed E-state index contributed by atoms with van der Waals surface area (Å²) >= 11 is 0. The summed E-state index contributed by atoms with van der Waals surface area (Å²) < 4.78 is 39.7. The molecule has 0 bridgehead atoms. The number of aromatic nitrogens is 1. The average Bonchev–Trinajstić information content (AvgIpc) is 3.39. The van der Waals surface area contributed by atoms with Crippen LogP contribution in [0, 0.1) is 11.7 Å². The van der Waals surface area contributed by atoms with Crippen molar-refractivity contribution >= 4 is 26.6 Å². The molecule has 0 aliphatic heterocycles. The van der Waals surface area contributed by atoms with Crippen molar-refractivity contribution < 1.29 is 12.8 Å². The first-order chi connectivity index (χ1) is 13.3. The number of rotatable bonds is 7.